The van der Waals surface area contributed by atoms with E-state index < -0.39 is 19.8 Å². The summed E-state index contributed by atoms with van der Waals surface area (Å²) in [7, 11) is -4.39. The van der Waals surface area contributed by atoms with Crippen LogP contribution in [0.1, 0.15) is 33.6 Å². The highest BCUT2D eigenvalue weighted by atomic mass is 31.2. The summed E-state index contributed by atoms with van der Waals surface area (Å²) in [5, 5.41) is 1.87. The first kappa shape index (κ1) is 15.6. The van der Waals surface area contributed by atoms with Crippen molar-refractivity contribution in [2.45, 2.75) is 39.7 Å². The third-order valence-electron chi connectivity index (χ3n) is 2.33. The number of carbonyl (C=O) groups is 1. The molecule has 6 nitrogen and oxygen atoms in total. The molecule has 0 bridgehead atoms. The summed E-state index contributed by atoms with van der Waals surface area (Å²) in [5.41, 5.74) is 0. The van der Waals surface area contributed by atoms with E-state index in [0.717, 1.165) is 12.8 Å². The van der Waals surface area contributed by atoms with Gasteiger partial charge in [-0.05, 0) is 12.8 Å². The molecule has 3 N–H and O–H groups in total. The molecule has 0 unspecified atom stereocenters. The molecular formula is C9H20NO5P. The summed E-state index contributed by atoms with van der Waals surface area (Å²) < 4.78 is 15.5. The third-order valence-corrected chi connectivity index (χ3v) is 3.06. The molecule has 0 fully saturated rings. The number of hydrogen-bond acceptors (Lipinski definition) is 3. The maximum absolute atomic E-state index is 11.3. The molecule has 0 saturated heterocycles. The van der Waals surface area contributed by atoms with Gasteiger partial charge in [0.05, 0.1) is 6.61 Å². The molecule has 0 aliphatic carbocycles. The van der Waals surface area contributed by atoms with E-state index in [4.69, 9.17) is 14.5 Å². The SMILES string of the molecule is CCC(CC)COC(=O)[C@H](C)NP(=O)(O)O. The van der Waals surface area contributed by atoms with Crippen molar-refractivity contribution in [1.29, 1.82) is 0 Å². The van der Waals surface area contributed by atoms with E-state index in [0.29, 0.717) is 12.5 Å². The van der Waals surface area contributed by atoms with Gasteiger partial charge < -0.3 is 14.5 Å². The zero-order valence-corrected chi connectivity index (χ0v) is 10.7. The molecule has 0 aliphatic heterocycles. The van der Waals surface area contributed by atoms with Gasteiger partial charge in [0.25, 0.3) is 0 Å². The monoisotopic (exact) mass is 253 g/mol. The number of carbonyl (C=O) groups excluding carboxylic acids is 1. The Bertz CT molecular complexity index is 261. The van der Waals surface area contributed by atoms with Gasteiger partial charge in [0.15, 0.2) is 0 Å². The van der Waals surface area contributed by atoms with Crippen LogP contribution in [-0.2, 0) is 14.1 Å². The quantitative estimate of drug-likeness (QED) is 0.463. The average molecular weight is 253 g/mol. The highest BCUT2D eigenvalue weighted by Crippen LogP contribution is 2.29. The molecule has 0 aromatic heterocycles. The van der Waals surface area contributed by atoms with E-state index >= 15 is 0 Å². The number of rotatable bonds is 7. The van der Waals surface area contributed by atoms with Gasteiger partial charge in [-0.1, -0.05) is 26.7 Å². The minimum absolute atomic E-state index is 0.291. The molecule has 0 aliphatic rings. The Hall–Kier alpha value is -0.420. The van der Waals surface area contributed by atoms with Crippen LogP contribution in [0, 0.1) is 5.92 Å². The number of hydrogen-bond donors (Lipinski definition) is 3. The van der Waals surface area contributed by atoms with Gasteiger partial charge in [-0.3, -0.25) is 4.79 Å². The summed E-state index contributed by atoms with van der Waals surface area (Å²) in [6.07, 6.45) is 1.81. The molecule has 0 heterocycles. The van der Waals surface area contributed by atoms with Crippen LogP contribution in [0.2, 0.25) is 0 Å². The van der Waals surface area contributed by atoms with Gasteiger partial charge in [-0.25, -0.2) is 9.65 Å². The Labute approximate surface area is 95.6 Å². The molecule has 0 saturated carbocycles. The van der Waals surface area contributed by atoms with Crippen molar-refractivity contribution >= 4 is 13.7 Å². The fourth-order valence-corrected chi connectivity index (χ4v) is 1.76. The first-order valence-corrected chi connectivity index (χ1v) is 6.91. The van der Waals surface area contributed by atoms with Gasteiger partial charge in [0.2, 0.25) is 0 Å². The van der Waals surface area contributed by atoms with Crippen LogP contribution in [0.5, 0.6) is 0 Å². The normalized spacial score (nSPS) is 13.9. The van der Waals surface area contributed by atoms with Crippen molar-refractivity contribution in [3.05, 3.63) is 0 Å². The molecule has 0 radical (unpaired) electrons. The van der Waals surface area contributed by atoms with E-state index in [-0.39, 0.29) is 0 Å². The molecule has 0 aromatic carbocycles. The molecule has 7 heteroatoms. The second-order valence-corrected chi connectivity index (χ2v) is 5.05. The lowest BCUT2D eigenvalue weighted by atomic mass is 10.1. The summed E-state index contributed by atoms with van der Waals surface area (Å²) >= 11 is 0. The first-order chi connectivity index (χ1) is 7.30. The summed E-state index contributed by atoms with van der Waals surface area (Å²) in [4.78, 5) is 28.5. The number of ether oxygens (including phenoxy) is 1. The van der Waals surface area contributed by atoms with Crippen LogP contribution in [0.15, 0.2) is 0 Å². The topological polar surface area (TPSA) is 95.9 Å². The second kappa shape index (κ2) is 7.01. The van der Waals surface area contributed by atoms with Crippen LogP contribution in [-0.4, -0.2) is 28.4 Å². The molecule has 1 atom stereocenters. The van der Waals surface area contributed by atoms with Crippen molar-refractivity contribution in [1.82, 2.24) is 5.09 Å². The predicted octanol–water partition coefficient (Wildman–Crippen LogP) is 1.04. The standard InChI is InChI=1S/C9H20NO5P/c1-4-8(5-2)6-15-9(11)7(3)10-16(12,13)14/h7-8H,4-6H2,1-3H3,(H3,10,12,13,14)/t7-/m0/s1. The highest BCUT2D eigenvalue weighted by Gasteiger charge is 2.23. The van der Waals surface area contributed by atoms with Gasteiger partial charge in [-0.2, -0.15) is 0 Å². The van der Waals surface area contributed by atoms with E-state index in [1.807, 2.05) is 18.9 Å². The van der Waals surface area contributed by atoms with Crippen LogP contribution in [0.25, 0.3) is 0 Å². The Kier molecular flexibility index (Phi) is 6.83. The fourth-order valence-electron chi connectivity index (χ4n) is 1.15. The summed E-state index contributed by atoms with van der Waals surface area (Å²) in [6, 6.07) is -1.00. The zero-order valence-electron chi connectivity index (χ0n) is 9.84. The van der Waals surface area contributed by atoms with Crippen molar-refractivity contribution in [2.24, 2.45) is 5.92 Å². The van der Waals surface area contributed by atoms with Gasteiger partial charge in [0.1, 0.15) is 6.04 Å². The van der Waals surface area contributed by atoms with E-state index in [2.05, 4.69) is 0 Å². The largest absolute Gasteiger partial charge is 0.464 e. The molecule has 16 heavy (non-hydrogen) atoms. The predicted molar refractivity (Wildman–Crippen MR) is 59.7 cm³/mol. The second-order valence-electron chi connectivity index (χ2n) is 3.71. The lowest BCUT2D eigenvalue weighted by molar-refractivity contribution is -0.146. The Balaban J connectivity index is 4.02. The van der Waals surface area contributed by atoms with Crippen LogP contribution in [0.3, 0.4) is 0 Å². The average Bonchev–Trinajstić information content (AvgIpc) is 2.16. The van der Waals surface area contributed by atoms with Crippen LogP contribution in [0.4, 0.5) is 0 Å². The lowest BCUT2D eigenvalue weighted by Crippen LogP contribution is -2.34. The van der Waals surface area contributed by atoms with Gasteiger partial charge >= 0.3 is 13.7 Å². The molecular weight excluding hydrogens is 233 g/mol. The summed E-state index contributed by atoms with van der Waals surface area (Å²) in [5.74, 6) is -0.346. The van der Waals surface area contributed by atoms with E-state index in [9.17, 15) is 9.36 Å². The fraction of sp³-hybridized carbons (Fsp3) is 0.889. The van der Waals surface area contributed by atoms with Crippen molar-refractivity contribution in [2.75, 3.05) is 6.61 Å². The Morgan fingerprint density at radius 2 is 1.88 bits per heavy atom. The number of nitrogens with one attached hydrogen (secondary N) is 1. The van der Waals surface area contributed by atoms with Crippen LogP contribution < -0.4 is 5.09 Å². The molecule has 96 valence electrons. The molecule has 0 rings (SSSR count). The van der Waals surface area contributed by atoms with Gasteiger partial charge in [0, 0.05) is 0 Å². The molecule has 0 spiro atoms. The zero-order chi connectivity index (χ0) is 12.8. The van der Waals surface area contributed by atoms with Crippen molar-refractivity contribution < 1.29 is 23.9 Å². The maximum Gasteiger partial charge on any atom is 0.401 e. The third kappa shape index (κ3) is 6.95. The summed E-state index contributed by atoms with van der Waals surface area (Å²) in [6.45, 7) is 5.64. The molecule has 0 aromatic rings. The molecule has 0 amide bonds. The van der Waals surface area contributed by atoms with Gasteiger partial charge in [-0.15, -0.1) is 0 Å². The van der Waals surface area contributed by atoms with Crippen molar-refractivity contribution in [3.8, 4) is 0 Å². The minimum atomic E-state index is -4.39. The Morgan fingerprint density at radius 1 is 1.38 bits per heavy atom. The lowest BCUT2D eigenvalue weighted by Gasteiger charge is -2.16. The minimum Gasteiger partial charge on any atom is -0.464 e. The van der Waals surface area contributed by atoms with E-state index in [1.165, 1.54) is 6.92 Å². The first-order valence-electron chi connectivity index (χ1n) is 5.30. The maximum atomic E-state index is 11.3. The highest BCUT2D eigenvalue weighted by molar-refractivity contribution is 7.49. The number of esters is 1. The van der Waals surface area contributed by atoms with Crippen molar-refractivity contribution in [3.63, 3.8) is 0 Å². The van der Waals surface area contributed by atoms with E-state index in [1.54, 1.807) is 0 Å². The van der Waals surface area contributed by atoms with Crippen LogP contribution >= 0.6 is 7.75 Å². The Morgan fingerprint density at radius 3 is 2.25 bits per heavy atom. The smallest absolute Gasteiger partial charge is 0.401 e.